The Bertz CT molecular complexity index is 328. The van der Waals surface area contributed by atoms with Crippen LogP contribution in [0, 0.1) is 5.92 Å². The Morgan fingerprint density at radius 2 is 1.71 bits per heavy atom. The molecule has 0 bridgehead atoms. The first-order chi connectivity index (χ1) is 6.57. The largest absolute Gasteiger partial charge is 0.392 e. The summed E-state index contributed by atoms with van der Waals surface area (Å²) >= 11 is 0. The third kappa shape index (κ3) is 1.76. The van der Waals surface area contributed by atoms with E-state index in [0.29, 0.717) is 6.42 Å². The molecule has 14 heavy (non-hydrogen) atoms. The molecule has 0 N–H and O–H groups in total. The summed E-state index contributed by atoms with van der Waals surface area (Å²) in [6, 6.07) is 7.40. The van der Waals surface area contributed by atoms with Gasteiger partial charge in [0.2, 0.25) is 0 Å². The molecule has 0 fully saturated rings. The third-order valence-corrected chi connectivity index (χ3v) is 2.81. The monoisotopic (exact) mass is 200 g/mol. The van der Waals surface area contributed by atoms with Crippen LogP contribution in [-0.2, 0) is 12.8 Å². The van der Waals surface area contributed by atoms with Gasteiger partial charge >= 0.3 is 6.18 Å². The maximum Gasteiger partial charge on any atom is 0.392 e. The summed E-state index contributed by atoms with van der Waals surface area (Å²) in [5.41, 5.74) is 1.94. The first-order valence-electron chi connectivity index (χ1n) is 4.71. The summed E-state index contributed by atoms with van der Waals surface area (Å²) in [6.07, 6.45) is -3.09. The minimum absolute atomic E-state index is 0.152. The van der Waals surface area contributed by atoms with Gasteiger partial charge in [0.25, 0.3) is 0 Å². The van der Waals surface area contributed by atoms with E-state index in [4.69, 9.17) is 0 Å². The second-order valence-corrected chi connectivity index (χ2v) is 3.75. The van der Waals surface area contributed by atoms with Crippen LogP contribution in [0.5, 0.6) is 0 Å². The van der Waals surface area contributed by atoms with Gasteiger partial charge < -0.3 is 0 Å². The Morgan fingerprint density at radius 1 is 1.07 bits per heavy atom. The van der Waals surface area contributed by atoms with Crippen molar-refractivity contribution in [2.45, 2.75) is 25.4 Å². The quantitative estimate of drug-likeness (QED) is 0.602. The van der Waals surface area contributed by atoms with Crippen molar-refractivity contribution in [2.75, 3.05) is 0 Å². The molecule has 0 radical (unpaired) electrons. The van der Waals surface area contributed by atoms with Gasteiger partial charge in [0.1, 0.15) is 0 Å². The lowest BCUT2D eigenvalue weighted by Gasteiger charge is -2.26. The van der Waals surface area contributed by atoms with Gasteiger partial charge in [0, 0.05) is 0 Å². The van der Waals surface area contributed by atoms with Crippen molar-refractivity contribution in [3.05, 3.63) is 35.4 Å². The molecule has 0 amide bonds. The molecular formula is C11H11F3. The topological polar surface area (TPSA) is 0 Å². The molecule has 76 valence electrons. The number of hydrogen-bond acceptors (Lipinski definition) is 0. The normalized spacial score (nSPS) is 21.8. The van der Waals surface area contributed by atoms with Crippen molar-refractivity contribution >= 4 is 0 Å². The summed E-state index contributed by atoms with van der Waals surface area (Å²) in [5, 5.41) is 0. The van der Waals surface area contributed by atoms with Crippen LogP contribution in [0.2, 0.25) is 0 Å². The number of aryl methyl sites for hydroxylation is 1. The summed E-state index contributed by atoms with van der Waals surface area (Å²) in [6.45, 7) is 0. The minimum atomic E-state index is -4.03. The number of halogens is 3. The summed E-state index contributed by atoms with van der Waals surface area (Å²) < 4.78 is 37.3. The predicted molar refractivity (Wildman–Crippen MR) is 48.0 cm³/mol. The molecule has 0 saturated carbocycles. The van der Waals surface area contributed by atoms with Crippen LogP contribution in [-0.4, -0.2) is 6.18 Å². The molecule has 0 saturated heterocycles. The Morgan fingerprint density at radius 3 is 2.36 bits per heavy atom. The van der Waals surface area contributed by atoms with Crippen LogP contribution in [0.3, 0.4) is 0 Å². The van der Waals surface area contributed by atoms with E-state index >= 15 is 0 Å². The lowest BCUT2D eigenvalue weighted by atomic mass is 9.84. The third-order valence-electron chi connectivity index (χ3n) is 2.81. The number of hydrogen-bond donors (Lipinski definition) is 0. The SMILES string of the molecule is FC(F)(F)[C@H]1CCc2ccccc2C1. The fourth-order valence-corrected chi connectivity index (χ4v) is 1.98. The number of rotatable bonds is 0. The van der Waals surface area contributed by atoms with Gasteiger partial charge in [-0.05, 0) is 30.4 Å². The summed E-state index contributed by atoms with van der Waals surface area (Å²) in [4.78, 5) is 0. The van der Waals surface area contributed by atoms with E-state index in [9.17, 15) is 13.2 Å². The molecule has 1 atom stereocenters. The molecule has 1 aromatic rings. The number of alkyl halides is 3. The average molecular weight is 200 g/mol. The molecule has 0 nitrogen and oxygen atoms in total. The molecule has 0 aliphatic heterocycles. The van der Waals surface area contributed by atoms with Gasteiger partial charge in [-0.1, -0.05) is 24.3 Å². The highest BCUT2D eigenvalue weighted by molar-refractivity contribution is 5.29. The van der Waals surface area contributed by atoms with E-state index in [2.05, 4.69) is 0 Å². The molecule has 0 heterocycles. The zero-order chi connectivity index (χ0) is 10.2. The molecule has 1 aliphatic carbocycles. The molecular weight excluding hydrogens is 189 g/mol. The lowest BCUT2D eigenvalue weighted by Crippen LogP contribution is -2.28. The van der Waals surface area contributed by atoms with Crippen molar-refractivity contribution in [1.82, 2.24) is 0 Å². The maximum absolute atomic E-state index is 12.4. The van der Waals surface area contributed by atoms with E-state index < -0.39 is 12.1 Å². The van der Waals surface area contributed by atoms with Crippen molar-refractivity contribution in [3.8, 4) is 0 Å². The Hall–Kier alpha value is -0.990. The van der Waals surface area contributed by atoms with E-state index in [1.54, 1.807) is 12.1 Å². The standard InChI is InChI=1S/C11H11F3/c12-11(13,14)10-6-5-8-3-1-2-4-9(8)7-10/h1-4,10H,5-7H2/t10-/m0/s1. The Kier molecular flexibility index (Phi) is 2.25. The summed E-state index contributed by atoms with van der Waals surface area (Å²) in [7, 11) is 0. The Labute approximate surface area is 80.7 Å². The summed E-state index contributed by atoms with van der Waals surface area (Å²) in [5.74, 6) is -1.14. The highest BCUT2D eigenvalue weighted by atomic mass is 19.4. The molecule has 0 aromatic heterocycles. The van der Waals surface area contributed by atoms with Crippen molar-refractivity contribution in [2.24, 2.45) is 5.92 Å². The van der Waals surface area contributed by atoms with E-state index in [1.807, 2.05) is 12.1 Å². The second kappa shape index (κ2) is 3.30. The highest BCUT2D eigenvalue weighted by Gasteiger charge is 2.40. The molecule has 1 aromatic carbocycles. The predicted octanol–water partition coefficient (Wildman–Crippen LogP) is 3.35. The van der Waals surface area contributed by atoms with Crippen LogP contribution < -0.4 is 0 Å². The van der Waals surface area contributed by atoms with Crippen LogP contribution in [0.4, 0.5) is 13.2 Å². The van der Waals surface area contributed by atoms with Gasteiger partial charge in [-0.2, -0.15) is 13.2 Å². The zero-order valence-electron chi connectivity index (χ0n) is 7.64. The molecule has 0 unspecified atom stereocenters. The van der Waals surface area contributed by atoms with Gasteiger partial charge in [-0.15, -0.1) is 0 Å². The average Bonchev–Trinajstić information content (AvgIpc) is 2.16. The first-order valence-corrected chi connectivity index (χ1v) is 4.71. The van der Waals surface area contributed by atoms with Gasteiger partial charge in [0.15, 0.2) is 0 Å². The van der Waals surface area contributed by atoms with E-state index in [0.717, 1.165) is 11.1 Å². The van der Waals surface area contributed by atoms with Crippen molar-refractivity contribution in [1.29, 1.82) is 0 Å². The molecule has 1 aliphatic rings. The Balaban J connectivity index is 2.22. The van der Waals surface area contributed by atoms with Gasteiger partial charge in [0.05, 0.1) is 5.92 Å². The van der Waals surface area contributed by atoms with Gasteiger partial charge in [-0.3, -0.25) is 0 Å². The van der Waals surface area contributed by atoms with Crippen molar-refractivity contribution in [3.63, 3.8) is 0 Å². The van der Waals surface area contributed by atoms with Crippen LogP contribution in [0.25, 0.3) is 0 Å². The maximum atomic E-state index is 12.4. The fourth-order valence-electron chi connectivity index (χ4n) is 1.98. The zero-order valence-corrected chi connectivity index (χ0v) is 7.64. The minimum Gasteiger partial charge on any atom is -0.171 e. The van der Waals surface area contributed by atoms with Crippen LogP contribution in [0.15, 0.2) is 24.3 Å². The van der Waals surface area contributed by atoms with Crippen molar-refractivity contribution < 1.29 is 13.2 Å². The lowest BCUT2D eigenvalue weighted by molar-refractivity contribution is -0.177. The van der Waals surface area contributed by atoms with Crippen LogP contribution >= 0.6 is 0 Å². The molecule has 2 rings (SSSR count). The second-order valence-electron chi connectivity index (χ2n) is 3.75. The molecule has 3 heteroatoms. The highest BCUT2D eigenvalue weighted by Crippen LogP contribution is 2.36. The molecule has 0 spiro atoms. The van der Waals surface area contributed by atoms with E-state index in [-0.39, 0.29) is 12.8 Å². The van der Waals surface area contributed by atoms with E-state index in [1.165, 1.54) is 0 Å². The first kappa shape index (κ1) is 9.56. The smallest absolute Gasteiger partial charge is 0.171 e. The van der Waals surface area contributed by atoms with Crippen LogP contribution in [0.1, 0.15) is 17.5 Å². The number of benzene rings is 1. The number of fused-ring (bicyclic) bond motifs is 1. The fraction of sp³-hybridized carbons (Fsp3) is 0.455. The van der Waals surface area contributed by atoms with Gasteiger partial charge in [-0.25, -0.2) is 0 Å².